The highest BCUT2D eigenvalue weighted by Crippen LogP contribution is 2.24. The first-order valence-corrected chi connectivity index (χ1v) is 10.4. The molecule has 0 bridgehead atoms. The number of pyridine rings is 1. The van der Waals surface area contributed by atoms with Gasteiger partial charge in [0.05, 0.1) is 5.69 Å². The van der Waals surface area contributed by atoms with E-state index < -0.39 is 0 Å². The maximum Gasteiger partial charge on any atom is 0.191 e. The molecule has 0 aliphatic rings. The van der Waals surface area contributed by atoms with E-state index in [-0.39, 0.29) is 0 Å². The standard InChI is InChI=1S/C22H23N5OS/c1-4-10-27-21(14-28-19-12-16(2)8-9-17(19)3)24-25-22(27)29-15-18-13-26-11-6-5-7-20(26)23-18/h4-9,11-13H,1,10,14-15H2,2-3H3. The van der Waals surface area contributed by atoms with Crippen LogP contribution in [0.25, 0.3) is 5.65 Å². The normalized spacial score (nSPS) is 11.1. The average Bonchev–Trinajstić information content (AvgIpc) is 3.31. The number of rotatable bonds is 8. The molecular weight excluding hydrogens is 382 g/mol. The summed E-state index contributed by atoms with van der Waals surface area (Å²) in [4.78, 5) is 4.64. The Labute approximate surface area is 174 Å². The van der Waals surface area contributed by atoms with Crippen molar-refractivity contribution in [1.82, 2.24) is 24.1 Å². The second-order valence-corrected chi connectivity index (χ2v) is 7.79. The number of ether oxygens (including phenoxy) is 1. The second-order valence-electron chi connectivity index (χ2n) is 6.84. The molecule has 0 saturated heterocycles. The quantitative estimate of drug-likeness (QED) is 0.317. The van der Waals surface area contributed by atoms with Gasteiger partial charge in [0.2, 0.25) is 0 Å². The molecule has 0 fully saturated rings. The molecule has 0 saturated carbocycles. The van der Waals surface area contributed by atoms with Crippen molar-refractivity contribution in [1.29, 1.82) is 0 Å². The highest BCUT2D eigenvalue weighted by molar-refractivity contribution is 7.98. The Hall–Kier alpha value is -3.06. The fraction of sp³-hybridized carbons (Fsp3) is 0.227. The van der Waals surface area contributed by atoms with Crippen LogP contribution in [-0.4, -0.2) is 24.1 Å². The lowest BCUT2D eigenvalue weighted by Gasteiger charge is -2.11. The molecule has 4 rings (SSSR count). The van der Waals surface area contributed by atoms with Gasteiger partial charge in [-0.3, -0.25) is 4.57 Å². The predicted molar refractivity (Wildman–Crippen MR) is 115 cm³/mol. The van der Waals surface area contributed by atoms with Gasteiger partial charge in [0.25, 0.3) is 0 Å². The second kappa shape index (κ2) is 8.53. The third-order valence-corrected chi connectivity index (χ3v) is 5.57. The molecule has 0 unspecified atom stereocenters. The third kappa shape index (κ3) is 4.35. The Morgan fingerprint density at radius 3 is 2.90 bits per heavy atom. The molecule has 0 atom stereocenters. The maximum atomic E-state index is 6.02. The fourth-order valence-corrected chi connectivity index (χ4v) is 3.90. The predicted octanol–water partition coefficient (Wildman–Crippen LogP) is 4.60. The summed E-state index contributed by atoms with van der Waals surface area (Å²) in [6, 6.07) is 12.2. The van der Waals surface area contributed by atoms with Crippen LogP contribution in [0.15, 0.2) is 66.6 Å². The zero-order valence-electron chi connectivity index (χ0n) is 16.6. The number of aryl methyl sites for hydroxylation is 2. The molecule has 1 aromatic carbocycles. The topological polar surface area (TPSA) is 57.2 Å². The van der Waals surface area contributed by atoms with Gasteiger partial charge in [-0.05, 0) is 43.2 Å². The molecule has 0 N–H and O–H groups in total. The Balaban J connectivity index is 1.48. The summed E-state index contributed by atoms with van der Waals surface area (Å²) in [6.45, 7) is 8.96. The summed E-state index contributed by atoms with van der Waals surface area (Å²) >= 11 is 1.61. The molecule has 29 heavy (non-hydrogen) atoms. The van der Waals surface area contributed by atoms with E-state index in [0.717, 1.165) is 39.4 Å². The molecule has 7 heteroatoms. The summed E-state index contributed by atoms with van der Waals surface area (Å²) in [5, 5.41) is 9.56. The number of hydrogen-bond donors (Lipinski definition) is 0. The van der Waals surface area contributed by atoms with Crippen molar-refractivity contribution in [2.75, 3.05) is 0 Å². The van der Waals surface area contributed by atoms with Crippen molar-refractivity contribution >= 4 is 17.4 Å². The maximum absolute atomic E-state index is 6.02. The monoisotopic (exact) mass is 405 g/mol. The number of fused-ring (bicyclic) bond motifs is 1. The van der Waals surface area contributed by atoms with Crippen molar-refractivity contribution in [3.63, 3.8) is 0 Å². The lowest BCUT2D eigenvalue weighted by atomic mass is 10.1. The van der Waals surface area contributed by atoms with E-state index in [1.165, 1.54) is 5.56 Å². The molecule has 0 radical (unpaired) electrons. The van der Waals surface area contributed by atoms with E-state index in [4.69, 9.17) is 4.74 Å². The smallest absolute Gasteiger partial charge is 0.191 e. The van der Waals surface area contributed by atoms with Crippen LogP contribution < -0.4 is 4.74 Å². The first-order valence-electron chi connectivity index (χ1n) is 9.42. The Morgan fingerprint density at radius 1 is 1.17 bits per heavy atom. The van der Waals surface area contributed by atoms with Gasteiger partial charge in [-0.1, -0.05) is 36.0 Å². The minimum Gasteiger partial charge on any atom is -0.485 e. The summed E-state index contributed by atoms with van der Waals surface area (Å²) in [6.07, 6.45) is 5.89. The highest BCUT2D eigenvalue weighted by Gasteiger charge is 2.14. The van der Waals surface area contributed by atoms with E-state index in [0.29, 0.717) is 13.2 Å². The molecule has 148 valence electrons. The average molecular weight is 406 g/mol. The number of thioether (sulfide) groups is 1. The van der Waals surface area contributed by atoms with Crippen LogP contribution in [0, 0.1) is 13.8 Å². The van der Waals surface area contributed by atoms with Gasteiger partial charge in [0, 0.05) is 24.7 Å². The van der Waals surface area contributed by atoms with Crippen LogP contribution in [0.3, 0.4) is 0 Å². The van der Waals surface area contributed by atoms with E-state index >= 15 is 0 Å². The van der Waals surface area contributed by atoms with Crippen molar-refractivity contribution in [3.05, 3.63) is 84.1 Å². The molecular formula is C22H23N5OS. The lowest BCUT2D eigenvalue weighted by Crippen LogP contribution is -2.08. The summed E-state index contributed by atoms with van der Waals surface area (Å²) in [5.41, 5.74) is 4.22. The van der Waals surface area contributed by atoms with E-state index in [9.17, 15) is 0 Å². The zero-order chi connectivity index (χ0) is 20.2. The summed E-state index contributed by atoms with van der Waals surface area (Å²) in [7, 11) is 0. The summed E-state index contributed by atoms with van der Waals surface area (Å²) < 4.78 is 10.1. The number of benzene rings is 1. The van der Waals surface area contributed by atoms with E-state index in [1.54, 1.807) is 11.8 Å². The largest absolute Gasteiger partial charge is 0.485 e. The molecule has 4 aromatic rings. The lowest BCUT2D eigenvalue weighted by molar-refractivity contribution is 0.287. The molecule has 0 amide bonds. The third-order valence-electron chi connectivity index (χ3n) is 4.57. The van der Waals surface area contributed by atoms with Gasteiger partial charge < -0.3 is 9.14 Å². The zero-order valence-corrected chi connectivity index (χ0v) is 17.4. The number of hydrogen-bond acceptors (Lipinski definition) is 5. The van der Waals surface area contributed by atoms with Crippen LogP contribution >= 0.6 is 11.8 Å². The Morgan fingerprint density at radius 2 is 2.07 bits per heavy atom. The summed E-state index contributed by atoms with van der Waals surface area (Å²) in [5.74, 6) is 2.37. The first-order chi connectivity index (χ1) is 14.1. The number of aromatic nitrogens is 5. The Kier molecular flexibility index (Phi) is 5.67. The molecule has 0 aliphatic heterocycles. The number of imidazole rings is 1. The minimum atomic E-state index is 0.361. The van der Waals surface area contributed by atoms with Crippen molar-refractivity contribution in [2.45, 2.75) is 37.9 Å². The van der Waals surface area contributed by atoms with Crippen LogP contribution in [0.4, 0.5) is 0 Å². The molecule has 0 aliphatic carbocycles. The minimum absolute atomic E-state index is 0.361. The van der Waals surface area contributed by atoms with Crippen molar-refractivity contribution < 1.29 is 4.74 Å². The van der Waals surface area contributed by atoms with Gasteiger partial charge in [-0.2, -0.15) is 0 Å². The highest BCUT2D eigenvalue weighted by atomic mass is 32.2. The number of nitrogens with zero attached hydrogens (tertiary/aromatic N) is 5. The molecule has 3 aromatic heterocycles. The van der Waals surface area contributed by atoms with Gasteiger partial charge in [-0.25, -0.2) is 4.98 Å². The molecule has 3 heterocycles. The first kappa shape index (κ1) is 19.3. The van der Waals surface area contributed by atoms with E-state index in [2.05, 4.69) is 40.8 Å². The van der Waals surface area contributed by atoms with Crippen molar-refractivity contribution in [3.8, 4) is 5.75 Å². The van der Waals surface area contributed by atoms with Crippen LogP contribution in [0.5, 0.6) is 5.75 Å². The van der Waals surface area contributed by atoms with Gasteiger partial charge in [-0.15, -0.1) is 16.8 Å². The Bertz CT molecular complexity index is 1110. The number of allylic oxidation sites excluding steroid dienone is 1. The molecule has 6 nitrogen and oxygen atoms in total. The van der Waals surface area contributed by atoms with Crippen molar-refractivity contribution in [2.24, 2.45) is 0 Å². The SMILES string of the molecule is C=CCn1c(COc2cc(C)ccc2C)nnc1SCc1cn2ccccc2n1. The van der Waals surface area contributed by atoms with Crippen LogP contribution in [0.2, 0.25) is 0 Å². The van der Waals surface area contributed by atoms with E-state index in [1.807, 2.05) is 58.6 Å². The molecule has 0 spiro atoms. The fourth-order valence-electron chi connectivity index (χ4n) is 3.05. The van der Waals surface area contributed by atoms with Gasteiger partial charge in [0.15, 0.2) is 11.0 Å². The van der Waals surface area contributed by atoms with Gasteiger partial charge in [0.1, 0.15) is 18.0 Å². The van der Waals surface area contributed by atoms with Crippen LogP contribution in [0.1, 0.15) is 22.6 Å². The van der Waals surface area contributed by atoms with Gasteiger partial charge >= 0.3 is 0 Å². The van der Waals surface area contributed by atoms with Crippen LogP contribution in [-0.2, 0) is 18.9 Å².